The Balaban J connectivity index is 0.000000409. The lowest BCUT2D eigenvalue weighted by molar-refractivity contribution is -0.132. The van der Waals surface area contributed by atoms with Gasteiger partial charge in [0.15, 0.2) is 0 Å². The molecule has 0 bridgehead atoms. The number of carboxylic acids is 1. The quantitative estimate of drug-likeness (QED) is 0.197. The van der Waals surface area contributed by atoms with Crippen LogP contribution in [0.2, 0.25) is 0 Å². The third kappa shape index (κ3) is 13.1. The van der Waals surface area contributed by atoms with Crippen LogP contribution in [0.4, 0.5) is 14.9 Å². The fraction of sp³-hybridized carbons (Fsp3) is 0.467. The van der Waals surface area contributed by atoms with E-state index in [1.54, 1.807) is 45.3 Å². The van der Waals surface area contributed by atoms with Crippen molar-refractivity contribution in [3.05, 3.63) is 65.8 Å². The van der Waals surface area contributed by atoms with E-state index in [9.17, 15) is 23.9 Å². The molecule has 2 aliphatic rings. The summed E-state index contributed by atoms with van der Waals surface area (Å²) in [6.45, 7) is 10.2. The zero-order valence-electron chi connectivity index (χ0n) is 23.6. The third-order valence-electron chi connectivity index (χ3n) is 6.21. The zero-order chi connectivity index (χ0) is 30.1. The molecule has 218 valence electrons. The summed E-state index contributed by atoms with van der Waals surface area (Å²) >= 11 is 0. The average molecular weight is 557 g/mol. The van der Waals surface area contributed by atoms with Crippen LogP contribution in [0.1, 0.15) is 57.6 Å². The molecule has 1 atom stereocenters. The molecule has 0 radical (unpaired) electrons. The van der Waals surface area contributed by atoms with Crippen molar-refractivity contribution in [3.8, 4) is 6.07 Å². The lowest BCUT2D eigenvalue weighted by Gasteiger charge is -2.19. The number of benzene rings is 1. The molecule has 1 fully saturated rings. The minimum Gasteiger partial charge on any atom is -0.478 e. The summed E-state index contributed by atoms with van der Waals surface area (Å²) in [5.74, 6) is -0.964. The summed E-state index contributed by atoms with van der Waals surface area (Å²) in [6.07, 6.45) is 8.96. The van der Waals surface area contributed by atoms with Crippen molar-refractivity contribution in [1.29, 1.82) is 5.26 Å². The number of aldehydes is 1. The number of amides is 1. The number of fused-ring (bicyclic) bond motifs is 1. The summed E-state index contributed by atoms with van der Waals surface area (Å²) < 4.78 is 13.5. The molecule has 40 heavy (non-hydrogen) atoms. The predicted octanol–water partition coefficient (Wildman–Crippen LogP) is 5.44. The number of carbonyl (C=O) groups excluding carboxylic acids is 1. The first-order chi connectivity index (χ1) is 19.1. The molecular weight excluding hydrogens is 515 g/mol. The van der Waals surface area contributed by atoms with E-state index < -0.39 is 12.1 Å². The van der Waals surface area contributed by atoms with Gasteiger partial charge in [0.25, 0.3) is 0 Å². The molecule has 3 N–H and O–H groups in total. The molecule has 1 aromatic rings. The van der Waals surface area contributed by atoms with Crippen LogP contribution in [0.5, 0.6) is 0 Å². The Morgan fingerprint density at radius 2 is 1.93 bits per heavy atom. The number of nitriles is 1. The highest BCUT2D eigenvalue weighted by molar-refractivity contribution is 5.86. The fourth-order valence-corrected chi connectivity index (χ4v) is 3.42. The Labute approximate surface area is 236 Å². The van der Waals surface area contributed by atoms with Crippen LogP contribution in [0.25, 0.3) is 0 Å². The Kier molecular flexibility index (Phi) is 15.4. The molecule has 1 aromatic carbocycles. The largest absolute Gasteiger partial charge is 0.478 e. The second-order valence-electron chi connectivity index (χ2n) is 9.57. The maximum atomic E-state index is 13.5. The van der Waals surface area contributed by atoms with E-state index in [-0.39, 0.29) is 24.7 Å². The summed E-state index contributed by atoms with van der Waals surface area (Å²) in [5, 5.41) is 29.4. The van der Waals surface area contributed by atoms with Gasteiger partial charge in [0.2, 0.25) is 0 Å². The fourth-order valence-electron chi connectivity index (χ4n) is 3.42. The minimum atomic E-state index is -1.06. The number of carbonyl (C=O) groups is 3. The van der Waals surface area contributed by atoms with Crippen molar-refractivity contribution in [1.82, 2.24) is 10.2 Å². The van der Waals surface area contributed by atoms with Gasteiger partial charge < -0.3 is 25.2 Å². The number of anilines is 1. The number of rotatable bonds is 10. The van der Waals surface area contributed by atoms with Crippen molar-refractivity contribution < 1.29 is 29.0 Å². The van der Waals surface area contributed by atoms with E-state index in [1.165, 1.54) is 17.7 Å². The van der Waals surface area contributed by atoms with E-state index in [4.69, 9.17) is 10.4 Å². The third-order valence-corrected chi connectivity index (χ3v) is 6.21. The smallest absolute Gasteiger partial charge is 0.411 e. The highest BCUT2D eigenvalue weighted by atomic mass is 19.1. The number of hydrogen-bond acceptors (Lipinski definition) is 6. The summed E-state index contributed by atoms with van der Waals surface area (Å²) in [7, 11) is 0. The standard InChI is InChI=1S/C18H22FN3O2.C7H11NO2.C5H8O/c1-2-16(19)13-21-10-6-14-4-5-17(12-15(14)7-11-21)22(18(23)24)9-3-8-20;1-5(7(9)10)4-8-6-2-3-6;1-3-5(2)4-6/h4-5,12-13H,2-3,6-7,9-11H2,1H3,(H,23,24);4,6,8H,2-3H2,1H3,(H,9,10);3-5H,1H2,2H3/b16-13-;5-4+;. The highest BCUT2D eigenvalue weighted by Gasteiger charge is 2.19. The second kappa shape index (κ2) is 18.2. The van der Waals surface area contributed by atoms with E-state index in [0.717, 1.165) is 36.8 Å². The number of nitrogens with one attached hydrogen (secondary N) is 1. The monoisotopic (exact) mass is 556 g/mol. The van der Waals surface area contributed by atoms with Crippen LogP contribution in [-0.4, -0.2) is 59.1 Å². The number of halogens is 1. The maximum absolute atomic E-state index is 13.5. The molecule has 1 aliphatic carbocycles. The van der Waals surface area contributed by atoms with Gasteiger partial charge in [-0.15, -0.1) is 6.58 Å². The molecule has 1 heterocycles. The number of allylic oxidation sites excluding steroid dienone is 2. The Morgan fingerprint density at radius 1 is 1.27 bits per heavy atom. The lowest BCUT2D eigenvalue weighted by Crippen LogP contribution is -2.30. The molecule has 1 unspecified atom stereocenters. The second-order valence-corrected chi connectivity index (χ2v) is 9.57. The Bertz CT molecular complexity index is 1100. The van der Waals surface area contributed by atoms with Crippen molar-refractivity contribution in [2.75, 3.05) is 24.5 Å². The van der Waals surface area contributed by atoms with Crippen molar-refractivity contribution in [2.45, 2.75) is 65.3 Å². The van der Waals surface area contributed by atoms with E-state index in [0.29, 0.717) is 30.3 Å². The van der Waals surface area contributed by atoms with Crippen LogP contribution in [0, 0.1) is 17.2 Å². The zero-order valence-corrected chi connectivity index (χ0v) is 23.6. The molecule has 10 heteroatoms. The molecular formula is C30H41FN4O5. The summed E-state index contributed by atoms with van der Waals surface area (Å²) in [6, 6.07) is 8.11. The van der Waals surface area contributed by atoms with Crippen LogP contribution >= 0.6 is 0 Å². The average Bonchev–Trinajstić information content (AvgIpc) is 3.79. The lowest BCUT2D eigenvalue weighted by atomic mass is 10.0. The first kappa shape index (κ1) is 33.9. The van der Waals surface area contributed by atoms with Crippen LogP contribution in [-0.2, 0) is 22.4 Å². The van der Waals surface area contributed by atoms with Gasteiger partial charge in [-0.05, 0) is 62.3 Å². The van der Waals surface area contributed by atoms with Crippen LogP contribution < -0.4 is 10.2 Å². The van der Waals surface area contributed by atoms with Gasteiger partial charge in [0, 0.05) is 55.3 Å². The van der Waals surface area contributed by atoms with Gasteiger partial charge >= 0.3 is 12.1 Å². The van der Waals surface area contributed by atoms with Gasteiger partial charge in [-0.1, -0.05) is 26.0 Å². The van der Waals surface area contributed by atoms with E-state index >= 15 is 0 Å². The topological polar surface area (TPSA) is 134 Å². The number of nitrogens with zero attached hydrogens (tertiary/aromatic N) is 3. The van der Waals surface area contributed by atoms with Crippen molar-refractivity contribution in [2.24, 2.45) is 5.92 Å². The van der Waals surface area contributed by atoms with Gasteiger partial charge in [-0.25, -0.2) is 14.0 Å². The van der Waals surface area contributed by atoms with Crippen LogP contribution in [0.15, 0.2) is 54.7 Å². The maximum Gasteiger partial charge on any atom is 0.411 e. The summed E-state index contributed by atoms with van der Waals surface area (Å²) in [4.78, 5) is 34.5. The molecule has 0 aromatic heterocycles. The molecule has 1 amide bonds. The molecule has 0 spiro atoms. The van der Waals surface area contributed by atoms with E-state index in [2.05, 4.69) is 11.9 Å². The Morgan fingerprint density at radius 3 is 2.40 bits per heavy atom. The van der Waals surface area contributed by atoms with E-state index in [1.807, 2.05) is 23.1 Å². The summed E-state index contributed by atoms with van der Waals surface area (Å²) in [5.41, 5.74) is 3.20. The first-order valence-electron chi connectivity index (χ1n) is 13.4. The minimum absolute atomic E-state index is 0.0185. The SMILES string of the molecule is C/C(=C\NC1CC1)C(=O)O.C=CC(C)C=O.CC/C(F)=C/N1CCc2ccc(N(CCC#N)C(=O)O)cc2CC1. The Hall–Kier alpha value is -4.13. The van der Waals surface area contributed by atoms with Crippen LogP contribution in [0.3, 0.4) is 0 Å². The van der Waals surface area contributed by atoms with Crippen molar-refractivity contribution in [3.63, 3.8) is 0 Å². The van der Waals surface area contributed by atoms with Gasteiger partial charge in [0.05, 0.1) is 12.5 Å². The first-order valence-corrected chi connectivity index (χ1v) is 13.4. The molecule has 3 rings (SSSR count). The van der Waals surface area contributed by atoms with Gasteiger partial charge in [-0.2, -0.15) is 5.26 Å². The molecule has 0 saturated heterocycles. The van der Waals surface area contributed by atoms with Gasteiger partial charge in [0.1, 0.15) is 12.1 Å². The molecule has 1 saturated carbocycles. The van der Waals surface area contributed by atoms with Crippen molar-refractivity contribution >= 4 is 24.0 Å². The highest BCUT2D eigenvalue weighted by Crippen LogP contribution is 2.24. The molecule has 1 aliphatic heterocycles. The number of hydrogen-bond donors (Lipinski definition) is 3. The molecule has 9 nitrogen and oxygen atoms in total. The predicted molar refractivity (Wildman–Crippen MR) is 153 cm³/mol. The van der Waals surface area contributed by atoms with Gasteiger partial charge in [-0.3, -0.25) is 4.90 Å². The normalized spacial score (nSPS) is 15.3. The number of carboxylic acid groups (broad SMARTS) is 2. The number of aliphatic carboxylic acids is 1.